The Hall–Kier alpha value is -3.40. The molecule has 0 aliphatic rings. The number of aryl methyl sites for hydroxylation is 2. The minimum atomic E-state index is -0.390. The highest BCUT2D eigenvalue weighted by Crippen LogP contribution is 2.19. The molecule has 0 fully saturated rings. The van der Waals surface area contributed by atoms with E-state index in [1.807, 2.05) is 32.0 Å². The first kappa shape index (κ1) is 20.3. The molecule has 0 bridgehead atoms. The van der Waals surface area contributed by atoms with Crippen LogP contribution in [0.4, 0.5) is 16.0 Å². The number of thioether (sulfide) groups is 1. The number of rotatable bonds is 7. The molecule has 0 radical (unpaired) electrons. The number of hydrazone groups is 1. The molecule has 0 saturated carbocycles. The van der Waals surface area contributed by atoms with Gasteiger partial charge >= 0.3 is 0 Å². The van der Waals surface area contributed by atoms with Crippen LogP contribution >= 0.6 is 11.8 Å². The summed E-state index contributed by atoms with van der Waals surface area (Å²) in [6.07, 6.45) is 1.31. The Bertz CT molecular complexity index is 1050. The van der Waals surface area contributed by atoms with Gasteiger partial charge in [-0.25, -0.2) is 14.5 Å². The molecule has 1 heterocycles. The Morgan fingerprint density at radius 3 is 2.83 bits per heavy atom. The number of nitrogens with one attached hydrogen (secondary N) is 2. The van der Waals surface area contributed by atoms with Crippen LogP contribution in [0.5, 0.6) is 0 Å². The van der Waals surface area contributed by atoms with E-state index in [4.69, 9.17) is 5.84 Å². The SMILES string of the molecule is Cc1ccc(NC(=O)CSc2nnc(N/N=C/c3ccccc3F)n2N)c(C)c1. The summed E-state index contributed by atoms with van der Waals surface area (Å²) in [5, 5.41) is 14.9. The molecule has 1 aromatic heterocycles. The Kier molecular flexibility index (Phi) is 6.45. The van der Waals surface area contributed by atoms with Crippen LogP contribution in [0.1, 0.15) is 16.7 Å². The first-order chi connectivity index (χ1) is 13.9. The zero-order valence-corrected chi connectivity index (χ0v) is 16.7. The van der Waals surface area contributed by atoms with E-state index in [1.165, 1.54) is 17.0 Å². The number of carbonyl (C=O) groups excluding carboxylic acids is 1. The van der Waals surface area contributed by atoms with E-state index in [0.29, 0.717) is 10.7 Å². The normalized spacial score (nSPS) is 11.0. The molecule has 0 unspecified atom stereocenters. The van der Waals surface area contributed by atoms with E-state index < -0.39 is 5.82 Å². The van der Waals surface area contributed by atoms with Crippen molar-refractivity contribution < 1.29 is 9.18 Å². The maximum absolute atomic E-state index is 13.6. The lowest BCUT2D eigenvalue weighted by Crippen LogP contribution is -2.17. The molecule has 10 heteroatoms. The molecule has 2 aromatic carbocycles. The maximum atomic E-state index is 13.6. The number of aromatic nitrogens is 3. The summed E-state index contributed by atoms with van der Waals surface area (Å²) >= 11 is 1.14. The predicted octanol–water partition coefficient (Wildman–Crippen LogP) is 2.92. The third kappa shape index (κ3) is 5.32. The molecule has 150 valence electrons. The average molecular weight is 413 g/mol. The molecule has 3 rings (SSSR count). The van der Waals surface area contributed by atoms with Crippen LogP contribution in [0.3, 0.4) is 0 Å². The van der Waals surface area contributed by atoms with Gasteiger partial charge in [-0.2, -0.15) is 5.10 Å². The van der Waals surface area contributed by atoms with Crippen LogP contribution in [0.15, 0.2) is 52.7 Å². The van der Waals surface area contributed by atoms with Crippen molar-refractivity contribution >= 4 is 35.5 Å². The lowest BCUT2D eigenvalue weighted by molar-refractivity contribution is -0.113. The topological polar surface area (TPSA) is 110 Å². The summed E-state index contributed by atoms with van der Waals surface area (Å²) in [5.74, 6) is 5.62. The highest BCUT2D eigenvalue weighted by Gasteiger charge is 2.12. The summed E-state index contributed by atoms with van der Waals surface area (Å²) in [6.45, 7) is 3.93. The Morgan fingerprint density at radius 2 is 2.07 bits per heavy atom. The largest absolute Gasteiger partial charge is 0.334 e. The molecule has 3 aromatic rings. The van der Waals surface area contributed by atoms with Crippen molar-refractivity contribution in [1.82, 2.24) is 14.9 Å². The Morgan fingerprint density at radius 1 is 1.28 bits per heavy atom. The summed E-state index contributed by atoms with van der Waals surface area (Å²) in [4.78, 5) is 12.2. The third-order valence-electron chi connectivity index (χ3n) is 3.93. The Balaban J connectivity index is 1.55. The van der Waals surface area contributed by atoms with Gasteiger partial charge in [-0.15, -0.1) is 10.2 Å². The summed E-state index contributed by atoms with van der Waals surface area (Å²) in [7, 11) is 0. The maximum Gasteiger partial charge on any atom is 0.264 e. The summed E-state index contributed by atoms with van der Waals surface area (Å²) in [6, 6.07) is 12.0. The molecule has 0 aliphatic heterocycles. The van der Waals surface area contributed by atoms with Crippen LogP contribution < -0.4 is 16.6 Å². The smallest absolute Gasteiger partial charge is 0.264 e. The van der Waals surface area contributed by atoms with Crippen molar-refractivity contribution in [2.24, 2.45) is 5.10 Å². The van der Waals surface area contributed by atoms with E-state index >= 15 is 0 Å². The quantitative estimate of drug-likeness (QED) is 0.238. The van der Waals surface area contributed by atoms with Gasteiger partial charge in [0.25, 0.3) is 5.95 Å². The zero-order valence-electron chi connectivity index (χ0n) is 15.9. The first-order valence-corrected chi connectivity index (χ1v) is 9.66. The molecule has 1 amide bonds. The van der Waals surface area contributed by atoms with Crippen molar-refractivity contribution in [3.05, 3.63) is 65.0 Å². The van der Waals surface area contributed by atoms with Gasteiger partial charge in [0.2, 0.25) is 11.1 Å². The van der Waals surface area contributed by atoms with Gasteiger partial charge in [-0.05, 0) is 31.5 Å². The van der Waals surface area contributed by atoms with Gasteiger partial charge in [-0.3, -0.25) is 4.79 Å². The fourth-order valence-electron chi connectivity index (χ4n) is 2.46. The van der Waals surface area contributed by atoms with Crippen molar-refractivity contribution in [2.75, 3.05) is 22.3 Å². The standard InChI is InChI=1S/C19H20FN7OS/c1-12-7-8-16(13(2)9-12)23-17(28)11-29-19-26-25-18(27(19)21)24-22-10-14-5-3-4-6-15(14)20/h3-10H,11,21H2,1-2H3,(H,23,28)(H,24,25)/b22-10+. The number of hydrogen-bond donors (Lipinski definition) is 3. The monoisotopic (exact) mass is 413 g/mol. The van der Waals surface area contributed by atoms with Crippen LogP contribution in [0.25, 0.3) is 0 Å². The number of nitrogens with two attached hydrogens (primary N) is 1. The van der Waals surface area contributed by atoms with E-state index in [-0.39, 0.29) is 17.6 Å². The van der Waals surface area contributed by atoms with Gasteiger partial charge < -0.3 is 11.2 Å². The minimum absolute atomic E-state index is 0.112. The number of carbonyl (C=O) groups is 1. The van der Waals surface area contributed by atoms with E-state index in [1.54, 1.807) is 18.2 Å². The van der Waals surface area contributed by atoms with E-state index in [2.05, 4.69) is 26.0 Å². The van der Waals surface area contributed by atoms with Gasteiger partial charge in [0.05, 0.1) is 12.0 Å². The number of nitrogens with zero attached hydrogens (tertiary/aromatic N) is 4. The number of amides is 1. The number of hydrogen-bond acceptors (Lipinski definition) is 7. The van der Waals surface area contributed by atoms with Gasteiger partial charge in [0.15, 0.2) is 0 Å². The summed E-state index contributed by atoms with van der Waals surface area (Å²) < 4.78 is 14.7. The van der Waals surface area contributed by atoms with Crippen LogP contribution in [0, 0.1) is 19.7 Å². The zero-order chi connectivity index (χ0) is 20.8. The minimum Gasteiger partial charge on any atom is -0.334 e. The second-order valence-corrected chi connectivity index (χ2v) is 7.17. The van der Waals surface area contributed by atoms with Crippen LogP contribution in [0.2, 0.25) is 0 Å². The van der Waals surface area contributed by atoms with E-state index in [0.717, 1.165) is 28.6 Å². The molecule has 8 nitrogen and oxygen atoms in total. The van der Waals surface area contributed by atoms with Crippen molar-refractivity contribution in [3.63, 3.8) is 0 Å². The molecule has 29 heavy (non-hydrogen) atoms. The van der Waals surface area contributed by atoms with Gasteiger partial charge in [0, 0.05) is 11.3 Å². The second kappa shape index (κ2) is 9.20. The third-order valence-corrected chi connectivity index (χ3v) is 4.87. The molecule has 4 N–H and O–H groups in total. The lowest BCUT2D eigenvalue weighted by atomic mass is 10.1. The van der Waals surface area contributed by atoms with Crippen molar-refractivity contribution in [2.45, 2.75) is 19.0 Å². The highest BCUT2D eigenvalue weighted by molar-refractivity contribution is 7.99. The number of anilines is 2. The molecule has 0 saturated heterocycles. The van der Waals surface area contributed by atoms with Crippen molar-refractivity contribution in [3.8, 4) is 0 Å². The lowest BCUT2D eigenvalue weighted by Gasteiger charge is -2.08. The molecule has 0 atom stereocenters. The highest BCUT2D eigenvalue weighted by atomic mass is 32.2. The van der Waals surface area contributed by atoms with Gasteiger partial charge in [0.1, 0.15) is 5.82 Å². The molecular weight excluding hydrogens is 393 g/mol. The van der Waals surface area contributed by atoms with Gasteiger partial charge in [-0.1, -0.05) is 47.7 Å². The number of benzene rings is 2. The second-order valence-electron chi connectivity index (χ2n) is 6.22. The predicted molar refractivity (Wildman–Crippen MR) is 113 cm³/mol. The molecule has 0 spiro atoms. The Labute approximate surface area is 171 Å². The summed E-state index contributed by atoms with van der Waals surface area (Å²) in [5.41, 5.74) is 5.81. The fourth-order valence-corrected chi connectivity index (χ4v) is 3.12. The average Bonchev–Trinajstić information content (AvgIpc) is 3.04. The molecule has 0 aliphatic carbocycles. The van der Waals surface area contributed by atoms with E-state index in [9.17, 15) is 9.18 Å². The number of nitrogen functional groups attached to an aromatic ring is 1. The molecular formula is C19H20FN7OS. The number of halogens is 1. The fraction of sp³-hybridized carbons (Fsp3) is 0.158. The van der Waals surface area contributed by atoms with Crippen molar-refractivity contribution in [1.29, 1.82) is 0 Å². The van der Waals surface area contributed by atoms with Crippen LogP contribution in [-0.2, 0) is 4.79 Å². The van der Waals surface area contributed by atoms with Crippen LogP contribution in [-0.4, -0.2) is 32.7 Å². The first-order valence-electron chi connectivity index (χ1n) is 8.68.